The third-order valence-corrected chi connectivity index (χ3v) is 7.81. The summed E-state index contributed by atoms with van der Waals surface area (Å²) in [6, 6.07) is 20.0. The predicted molar refractivity (Wildman–Crippen MR) is 169 cm³/mol. The predicted octanol–water partition coefficient (Wildman–Crippen LogP) is 5.75. The lowest BCUT2D eigenvalue weighted by molar-refractivity contribution is 0.0129. The van der Waals surface area contributed by atoms with Crippen molar-refractivity contribution in [3.05, 3.63) is 77.4 Å². The monoisotopic (exact) mass is 590 g/mol. The molecule has 0 aliphatic carbocycles. The van der Waals surface area contributed by atoms with Gasteiger partial charge in [-0.25, -0.2) is 0 Å². The van der Waals surface area contributed by atoms with Crippen molar-refractivity contribution in [3.8, 4) is 28.4 Å². The number of hydrogen-bond acceptors (Lipinski definition) is 7. The van der Waals surface area contributed by atoms with Crippen LogP contribution < -0.4 is 19.5 Å². The molecule has 3 aromatic rings. The zero-order valence-electron chi connectivity index (χ0n) is 26.4. The highest BCUT2D eigenvalue weighted by Crippen LogP contribution is 2.32. The quantitative estimate of drug-likeness (QED) is 0.226. The van der Waals surface area contributed by atoms with Crippen molar-refractivity contribution in [1.82, 2.24) is 10.2 Å². The molecule has 1 aliphatic rings. The van der Waals surface area contributed by atoms with E-state index in [0.717, 1.165) is 42.0 Å². The van der Waals surface area contributed by atoms with E-state index < -0.39 is 0 Å². The largest absolute Gasteiger partial charge is 0.496 e. The van der Waals surface area contributed by atoms with Gasteiger partial charge in [-0.1, -0.05) is 29.8 Å². The summed E-state index contributed by atoms with van der Waals surface area (Å²) in [5.41, 5.74) is 5.02. The first-order valence-electron chi connectivity index (χ1n) is 15.0. The fourth-order valence-corrected chi connectivity index (χ4v) is 5.42. The van der Waals surface area contributed by atoms with Gasteiger partial charge in [-0.3, -0.25) is 4.79 Å². The number of nitrogens with zero attached hydrogens (tertiary/aromatic N) is 1. The van der Waals surface area contributed by atoms with E-state index >= 15 is 0 Å². The Morgan fingerprint density at radius 2 is 1.72 bits per heavy atom. The highest BCUT2D eigenvalue weighted by atomic mass is 16.5. The number of carbonyl (C=O) groups is 1. The summed E-state index contributed by atoms with van der Waals surface area (Å²) in [6.45, 7) is 9.88. The summed E-state index contributed by atoms with van der Waals surface area (Å²) < 4.78 is 28.6. The van der Waals surface area contributed by atoms with Crippen LogP contribution in [0.5, 0.6) is 17.2 Å². The van der Waals surface area contributed by atoms with Crippen LogP contribution in [0.3, 0.4) is 0 Å². The molecule has 0 aromatic heterocycles. The number of amides is 1. The maximum atomic E-state index is 13.8. The maximum absolute atomic E-state index is 13.8. The zero-order valence-corrected chi connectivity index (χ0v) is 26.4. The molecule has 1 aliphatic heterocycles. The first-order chi connectivity index (χ1) is 20.8. The van der Waals surface area contributed by atoms with Gasteiger partial charge in [-0.2, -0.15) is 0 Å². The molecule has 0 radical (unpaired) electrons. The maximum Gasteiger partial charge on any atom is 0.254 e. The number of ether oxygens (including phenoxy) is 5. The summed E-state index contributed by atoms with van der Waals surface area (Å²) in [4.78, 5) is 15.7. The Balaban J connectivity index is 1.43. The normalized spacial score (nSPS) is 16.3. The first kappa shape index (κ1) is 32.3. The third-order valence-electron chi connectivity index (χ3n) is 7.81. The Morgan fingerprint density at radius 3 is 2.47 bits per heavy atom. The molecule has 43 heavy (non-hydrogen) atoms. The van der Waals surface area contributed by atoms with Crippen LogP contribution in [-0.4, -0.2) is 77.1 Å². The number of methoxy groups -OCH3 is 3. The smallest absolute Gasteiger partial charge is 0.254 e. The molecule has 0 saturated carbocycles. The van der Waals surface area contributed by atoms with Gasteiger partial charge in [0, 0.05) is 62.9 Å². The topological polar surface area (TPSA) is 78.5 Å². The van der Waals surface area contributed by atoms with Crippen LogP contribution in [0.25, 0.3) is 11.1 Å². The van der Waals surface area contributed by atoms with Gasteiger partial charge in [0.2, 0.25) is 0 Å². The second kappa shape index (κ2) is 15.8. The first-order valence-corrected chi connectivity index (χ1v) is 15.0. The molecule has 1 fully saturated rings. The molecular weight excluding hydrogens is 544 g/mol. The van der Waals surface area contributed by atoms with E-state index in [4.69, 9.17) is 23.7 Å². The summed E-state index contributed by atoms with van der Waals surface area (Å²) in [5, 5.41) is 3.47. The van der Waals surface area contributed by atoms with E-state index in [1.54, 1.807) is 39.5 Å². The highest BCUT2D eigenvalue weighted by Gasteiger charge is 2.32. The van der Waals surface area contributed by atoms with Gasteiger partial charge < -0.3 is 33.9 Å². The molecule has 232 valence electrons. The van der Waals surface area contributed by atoms with Crippen molar-refractivity contribution >= 4 is 5.91 Å². The summed E-state index contributed by atoms with van der Waals surface area (Å²) in [6.07, 6.45) is 0.734. The minimum absolute atomic E-state index is 0.0123. The fraction of sp³-hybridized carbons (Fsp3) is 0.457. The lowest BCUT2D eigenvalue weighted by Gasteiger charge is -2.31. The van der Waals surface area contributed by atoms with E-state index in [1.807, 2.05) is 24.8 Å². The number of aryl methyl sites for hydroxylation is 1. The van der Waals surface area contributed by atoms with E-state index in [1.165, 1.54) is 5.56 Å². The molecule has 1 N–H and O–H groups in total. The van der Waals surface area contributed by atoms with E-state index in [9.17, 15) is 4.79 Å². The summed E-state index contributed by atoms with van der Waals surface area (Å²) >= 11 is 0. The van der Waals surface area contributed by atoms with Gasteiger partial charge in [-0.15, -0.1) is 0 Å². The minimum atomic E-state index is -0.0372. The highest BCUT2D eigenvalue weighted by molar-refractivity contribution is 5.95. The molecule has 1 heterocycles. The lowest BCUT2D eigenvalue weighted by atomic mass is 10.0. The van der Waals surface area contributed by atoms with Gasteiger partial charge in [0.1, 0.15) is 5.75 Å². The van der Waals surface area contributed by atoms with Crippen LogP contribution in [0.2, 0.25) is 0 Å². The Hall–Kier alpha value is -3.59. The molecule has 8 heteroatoms. The Morgan fingerprint density at radius 1 is 0.930 bits per heavy atom. The van der Waals surface area contributed by atoms with Gasteiger partial charge in [0.25, 0.3) is 5.91 Å². The molecule has 1 saturated heterocycles. The second-order valence-corrected chi connectivity index (χ2v) is 11.3. The standard InChI is InChI=1S/C35H46N2O6/c1-24(2)37(35(38)28-12-14-32(41-6)33(19-28)42-16-8-15-39-4)22-29-20-36-21-34(29)43-23-26-9-7-10-27(18-26)30-17-25(3)11-13-31(30)40-5/h7,9-14,17-19,24,29,34,36H,8,15-16,20-23H2,1-6H3/t29-,34-/m0/s1. The Labute approximate surface area is 256 Å². The SMILES string of the molecule is COCCCOc1cc(C(=O)N(C[C@@H]2CNC[C@@H]2OCc2cccc(-c3cc(C)ccc3OC)c2)C(C)C)ccc1OC. The van der Waals surface area contributed by atoms with Crippen molar-refractivity contribution in [2.75, 3.05) is 54.2 Å². The van der Waals surface area contributed by atoms with Crippen LogP contribution >= 0.6 is 0 Å². The molecule has 8 nitrogen and oxygen atoms in total. The molecule has 2 atom stereocenters. The van der Waals surface area contributed by atoms with Crippen molar-refractivity contribution < 1.29 is 28.5 Å². The Bertz CT molecular complexity index is 1340. The van der Waals surface area contributed by atoms with Crippen molar-refractivity contribution in [3.63, 3.8) is 0 Å². The molecule has 0 unspecified atom stereocenters. The van der Waals surface area contributed by atoms with Crippen LogP contribution in [0, 0.1) is 12.8 Å². The Kier molecular flexibility index (Phi) is 11.8. The molecule has 1 amide bonds. The van der Waals surface area contributed by atoms with Gasteiger partial charge in [-0.05, 0) is 68.3 Å². The van der Waals surface area contributed by atoms with Crippen LogP contribution in [-0.2, 0) is 16.1 Å². The number of nitrogens with one attached hydrogen (secondary N) is 1. The molecular formula is C35H46N2O6. The van der Waals surface area contributed by atoms with Crippen molar-refractivity contribution in [2.24, 2.45) is 5.92 Å². The van der Waals surface area contributed by atoms with Crippen molar-refractivity contribution in [2.45, 2.75) is 45.9 Å². The minimum Gasteiger partial charge on any atom is -0.496 e. The molecule has 3 aromatic carbocycles. The number of carbonyl (C=O) groups excluding carboxylic acids is 1. The fourth-order valence-electron chi connectivity index (χ4n) is 5.42. The average Bonchev–Trinajstić information content (AvgIpc) is 3.47. The van der Waals surface area contributed by atoms with E-state index in [2.05, 4.69) is 48.6 Å². The van der Waals surface area contributed by atoms with Gasteiger partial charge in [0.15, 0.2) is 11.5 Å². The van der Waals surface area contributed by atoms with E-state index in [0.29, 0.717) is 43.4 Å². The van der Waals surface area contributed by atoms with Gasteiger partial charge >= 0.3 is 0 Å². The average molecular weight is 591 g/mol. The summed E-state index contributed by atoms with van der Waals surface area (Å²) in [5.74, 6) is 2.13. The second-order valence-electron chi connectivity index (χ2n) is 11.3. The number of benzene rings is 3. The van der Waals surface area contributed by atoms with Crippen LogP contribution in [0.15, 0.2) is 60.7 Å². The molecule has 0 spiro atoms. The zero-order chi connectivity index (χ0) is 30.8. The van der Waals surface area contributed by atoms with Crippen LogP contribution in [0.1, 0.15) is 41.8 Å². The van der Waals surface area contributed by atoms with Crippen LogP contribution in [0.4, 0.5) is 0 Å². The van der Waals surface area contributed by atoms with Crippen molar-refractivity contribution in [1.29, 1.82) is 0 Å². The third kappa shape index (κ3) is 8.50. The van der Waals surface area contributed by atoms with Gasteiger partial charge in [0.05, 0.1) is 33.5 Å². The number of rotatable bonds is 15. The molecule has 4 rings (SSSR count). The lowest BCUT2D eigenvalue weighted by Crippen LogP contribution is -2.43. The number of hydrogen-bond donors (Lipinski definition) is 1. The molecule has 0 bridgehead atoms. The van der Waals surface area contributed by atoms with E-state index in [-0.39, 0.29) is 24.0 Å². The summed E-state index contributed by atoms with van der Waals surface area (Å²) in [7, 11) is 4.96.